The first-order valence-corrected chi connectivity index (χ1v) is 13.7. The van der Waals surface area contributed by atoms with E-state index in [9.17, 15) is 10.1 Å². The number of anilines is 3. The number of aromatic nitrogens is 2. The van der Waals surface area contributed by atoms with Gasteiger partial charge in [-0.2, -0.15) is 0 Å². The predicted molar refractivity (Wildman–Crippen MR) is 147 cm³/mol. The van der Waals surface area contributed by atoms with Crippen LogP contribution in [0.1, 0.15) is 102 Å². The first kappa shape index (κ1) is 28.8. The Morgan fingerprint density at radius 2 is 1.40 bits per heavy atom. The molecule has 0 amide bonds. The van der Waals surface area contributed by atoms with Crippen molar-refractivity contribution in [3.05, 3.63) is 45.2 Å². The number of nitrogens with zero attached hydrogens (tertiary/aromatic N) is 3. The molecule has 0 atom stereocenters. The monoisotopic (exact) mass is 503 g/mol. The topological polar surface area (TPSA) is 93.0 Å². The third kappa shape index (κ3) is 10.8. The molecule has 8 heteroatoms. The third-order valence-electron chi connectivity index (χ3n) is 6.35. The average molecular weight is 504 g/mol. The predicted octanol–water partition coefficient (Wildman–Crippen LogP) is 8.98. The van der Waals surface area contributed by atoms with Gasteiger partial charge >= 0.3 is 5.69 Å². The van der Waals surface area contributed by atoms with E-state index in [-0.39, 0.29) is 17.3 Å². The van der Waals surface area contributed by atoms with Crippen LogP contribution >= 0.6 is 11.6 Å². The maximum atomic E-state index is 11.8. The van der Waals surface area contributed by atoms with Crippen LogP contribution in [-0.2, 0) is 0 Å². The lowest BCUT2D eigenvalue weighted by Crippen LogP contribution is -2.09. The van der Waals surface area contributed by atoms with E-state index in [1.807, 2.05) is 13.0 Å². The molecule has 0 radical (unpaired) electrons. The van der Waals surface area contributed by atoms with Gasteiger partial charge in [-0.15, -0.1) is 0 Å². The molecule has 2 aromatic rings. The van der Waals surface area contributed by atoms with Crippen LogP contribution in [0.2, 0.25) is 5.02 Å². The quantitative estimate of drug-likeness (QED) is 0.113. The van der Waals surface area contributed by atoms with E-state index in [4.69, 9.17) is 11.6 Å². The van der Waals surface area contributed by atoms with Gasteiger partial charge in [0.25, 0.3) is 0 Å². The Hall–Kier alpha value is -2.41. The molecule has 0 unspecified atom stereocenters. The van der Waals surface area contributed by atoms with Crippen molar-refractivity contribution < 1.29 is 4.92 Å². The van der Waals surface area contributed by atoms with Gasteiger partial charge in [0, 0.05) is 17.3 Å². The van der Waals surface area contributed by atoms with Crippen LogP contribution in [0.25, 0.3) is 0 Å². The van der Waals surface area contributed by atoms with E-state index in [1.165, 1.54) is 83.4 Å². The van der Waals surface area contributed by atoms with Crippen molar-refractivity contribution in [2.24, 2.45) is 0 Å². The Labute approximate surface area is 215 Å². The lowest BCUT2D eigenvalue weighted by Gasteiger charge is -2.12. The van der Waals surface area contributed by atoms with Crippen LogP contribution in [-0.4, -0.2) is 21.4 Å². The van der Waals surface area contributed by atoms with E-state index < -0.39 is 4.92 Å². The number of unbranched alkanes of at least 4 members (excludes halogenated alkanes) is 13. The Kier molecular flexibility index (Phi) is 14.1. The number of benzene rings is 1. The molecule has 1 aromatic carbocycles. The van der Waals surface area contributed by atoms with Gasteiger partial charge in [-0.1, -0.05) is 108 Å². The standard InChI is InChI=1S/C27H42ClN5O2/c1-3-4-5-6-7-8-9-10-11-12-13-14-15-16-20-29-26-25(33(34)35)27(31-21-30-26)32-24-19-17-18-23(28)22(24)2/h17-19,21H,3-16,20H2,1-2H3,(H2,29,30,31,32). The Balaban J connectivity index is 1.66. The van der Waals surface area contributed by atoms with Crippen LogP contribution in [0.4, 0.5) is 23.0 Å². The van der Waals surface area contributed by atoms with Gasteiger partial charge in [0.1, 0.15) is 6.33 Å². The van der Waals surface area contributed by atoms with Gasteiger partial charge in [-0.25, -0.2) is 9.97 Å². The Morgan fingerprint density at radius 1 is 0.857 bits per heavy atom. The first-order valence-electron chi connectivity index (χ1n) is 13.3. The molecule has 0 aliphatic carbocycles. The molecule has 0 saturated carbocycles. The highest BCUT2D eigenvalue weighted by atomic mass is 35.5. The molecule has 0 aliphatic heterocycles. The van der Waals surface area contributed by atoms with Gasteiger partial charge in [-0.05, 0) is 31.0 Å². The summed E-state index contributed by atoms with van der Waals surface area (Å²) >= 11 is 6.17. The molecule has 1 aromatic heterocycles. The number of nitrogens with one attached hydrogen (secondary N) is 2. The number of nitro groups is 1. The smallest absolute Gasteiger partial charge is 0.353 e. The highest BCUT2D eigenvalue weighted by Gasteiger charge is 2.23. The number of halogens is 1. The maximum absolute atomic E-state index is 11.8. The second kappa shape index (κ2) is 17.1. The Bertz CT molecular complexity index is 894. The lowest BCUT2D eigenvalue weighted by molar-refractivity contribution is -0.383. The first-order chi connectivity index (χ1) is 17.0. The summed E-state index contributed by atoms with van der Waals surface area (Å²) in [6, 6.07) is 5.38. The summed E-state index contributed by atoms with van der Waals surface area (Å²) in [4.78, 5) is 19.5. The zero-order valence-corrected chi connectivity index (χ0v) is 22.2. The van der Waals surface area contributed by atoms with Crippen LogP contribution in [0.5, 0.6) is 0 Å². The van der Waals surface area contributed by atoms with Gasteiger partial charge in [0.15, 0.2) is 0 Å². The van der Waals surface area contributed by atoms with Crippen molar-refractivity contribution in [1.82, 2.24) is 9.97 Å². The highest BCUT2D eigenvalue weighted by Crippen LogP contribution is 2.33. The molecule has 0 saturated heterocycles. The van der Waals surface area contributed by atoms with Crippen LogP contribution in [0, 0.1) is 17.0 Å². The molecule has 0 bridgehead atoms. The molecule has 194 valence electrons. The summed E-state index contributed by atoms with van der Waals surface area (Å²) < 4.78 is 0. The number of hydrogen-bond acceptors (Lipinski definition) is 6. The van der Waals surface area contributed by atoms with Crippen molar-refractivity contribution in [2.75, 3.05) is 17.2 Å². The summed E-state index contributed by atoms with van der Waals surface area (Å²) in [5, 5.41) is 18.5. The molecule has 0 spiro atoms. The van der Waals surface area contributed by atoms with Gasteiger partial charge in [0.05, 0.1) is 4.92 Å². The highest BCUT2D eigenvalue weighted by molar-refractivity contribution is 6.31. The van der Waals surface area contributed by atoms with Crippen LogP contribution < -0.4 is 10.6 Å². The zero-order valence-electron chi connectivity index (χ0n) is 21.5. The minimum Gasteiger partial charge on any atom is -0.364 e. The molecule has 0 fully saturated rings. The maximum Gasteiger partial charge on any atom is 0.353 e. The summed E-state index contributed by atoms with van der Waals surface area (Å²) in [6.45, 7) is 4.76. The van der Waals surface area contributed by atoms with E-state index in [2.05, 4.69) is 27.5 Å². The zero-order chi connectivity index (χ0) is 25.3. The summed E-state index contributed by atoms with van der Waals surface area (Å²) in [7, 11) is 0. The van der Waals surface area contributed by atoms with E-state index >= 15 is 0 Å². The fourth-order valence-corrected chi connectivity index (χ4v) is 4.34. The number of rotatable bonds is 19. The number of hydrogen-bond donors (Lipinski definition) is 2. The van der Waals surface area contributed by atoms with Crippen molar-refractivity contribution in [2.45, 2.75) is 104 Å². The Morgan fingerprint density at radius 3 is 1.97 bits per heavy atom. The van der Waals surface area contributed by atoms with Crippen LogP contribution in [0.3, 0.4) is 0 Å². The second-order valence-electron chi connectivity index (χ2n) is 9.24. The molecule has 35 heavy (non-hydrogen) atoms. The van der Waals surface area contributed by atoms with E-state index in [0.717, 1.165) is 18.4 Å². The van der Waals surface area contributed by atoms with E-state index in [1.54, 1.807) is 12.1 Å². The second-order valence-corrected chi connectivity index (χ2v) is 9.64. The SMILES string of the molecule is CCCCCCCCCCCCCCCCNc1ncnc(Nc2cccc(Cl)c2C)c1[N+](=O)[O-]. The minimum atomic E-state index is -0.449. The van der Waals surface area contributed by atoms with Gasteiger partial charge in [0.2, 0.25) is 11.6 Å². The van der Waals surface area contributed by atoms with Crippen molar-refractivity contribution >= 4 is 34.6 Å². The van der Waals surface area contributed by atoms with Gasteiger partial charge < -0.3 is 10.6 Å². The van der Waals surface area contributed by atoms with Crippen LogP contribution in [0.15, 0.2) is 24.5 Å². The van der Waals surface area contributed by atoms with Gasteiger partial charge in [-0.3, -0.25) is 10.1 Å². The molecule has 1 heterocycles. The molecular weight excluding hydrogens is 462 g/mol. The molecule has 7 nitrogen and oxygen atoms in total. The van der Waals surface area contributed by atoms with Crippen molar-refractivity contribution in [3.63, 3.8) is 0 Å². The summed E-state index contributed by atoms with van der Waals surface area (Å²) in [6.07, 6.45) is 19.5. The molecule has 2 rings (SSSR count). The summed E-state index contributed by atoms with van der Waals surface area (Å²) in [5.74, 6) is 0.390. The summed E-state index contributed by atoms with van der Waals surface area (Å²) in [5.41, 5.74) is 1.33. The largest absolute Gasteiger partial charge is 0.364 e. The van der Waals surface area contributed by atoms with E-state index in [0.29, 0.717) is 17.3 Å². The fourth-order valence-electron chi connectivity index (χ4n) is 4.17. The fraction of sp³-hybridized carbons (Fsp3) is 0.630. The lowest BCUT2D eigenvalue weighted by atomic mass is 10.0. The molecule has 2 N–H and O–H groups in total. The average Bonchev–Trinajstić information content (AvgIpc) is 2.84. The van der Waals surface area contributed by atoms with Crippen molar-refractivity contribution in [1.29, 1.82) is 0 Å². The minimum absolute atomic E-state index is 0.152. The normalized spacial score (nSPS) is 10.9. The third-order valence-corrected chi connectivity index (χ3v) is 6.76. The molecule has 0 aliphatic rings. The molecular formula is C27H42ClN5O2. The van der Waals surface area contributed by atoms with Crippen molar-refractivity contribution in [3.8, 4) is 0 Å².